The molecule has 0 aliphatic heterocycles. The Labute approximate surface area is 235 Å². The lowest BCUT2D eigenvalue weighted by Gasteiger charge is -2.33. The molecule has 8 nitrogen and oxygen atoms in total. The van der Waals surface area contributed by atoms with E-state index in [4.69, 9.17) is 4.74 Å². The van der Waals surface area contributed by atoms with Gasteiger partial charge in [-0.05, 0) is 93.1 Å². The van der Waals surface area contributed by atoms with Gasteiger partial charge in [0.1, 0.15) is 11.5 Å². The Hall–Kier alpha value is -4.12. The fraction of sp³-hybridized carbons (Fsp3) is 0.367. The lowest BCUT2D eigenvalue weighted by Crippen LogP contribution is -2.44. The minimum absolute atomic E-state index is 0.0423. The number of fused-ring (bicyclic) bond motifs is 1. The third-order valence-corrected chi connectivity index (χ3v) is 6.93. The van der Waals surface area contributed by atoms with E-state index in [0.29, 0.717) is 36.5 Å². The molecular weight excluding hydrogens is 539 g/mol. The number of anilines is 1. The summed E-state index contributed by atoms with van der Waals surface area (Å²) >= 11 is 0. The van der Waals surface area contributed by atoms with Crippen molar-refractivity contribution in [2.75, 3.05) is 5.32 Å². The molecule has 1 aliphatic carbocycles. The first kappa shape index (κ1) is 29.9. The topological polar surface area (TPSA) is 112 Å². The van der Waals surface area contributed by atoms with Crippen molar-refractivity contribution in [3.05, 3.63) is 82.7 Å². The van der Waals surface area contributed by atoms with Crippen LogP contribution in [0.2, 0.25) is 0 Å². The molecule has 218 valence electrons. The van der Waals surface area contributed by atoms with Crippen LogP contribution in [0.1, 0.15) is 55.1 Å². The molecule has 0 bridgehead atoms. The molecule has 0 spiro atoms. The summed E-state index contributed by atoms with van der Waals surface area (Å²) in [5, 5.41) is 21.5. The molecule has 2 amide bonds. The third kappa shape index (κ3) is 7.55. The monoisotopic (exact) mass is 571 g/mol. The highest BCUT2D eigenvalue weighted by atomic mass is 19.4. The number of ether oxygens (including phenoxy) is 1. The van der Waals surface area contributed by atoms with Crippen molar-refractivity contribution in [3.8, 4) is 11.5 Å². The highest BCUT2D eigenvalue weighted by Crippen LogP contribution is 2.35. The maximum absolute atomic E-state index is 13.7. The molecule has 0 radical (unpaired) electrons. The van der Waals surface area contributed by atoms with Gasteiger partial charge in [-0.3, -0.25) is 14.7 Å². The molecule has 0 saturated heterocycles. The van der Waals surface area contributed by atoms with Crippen molar-refractivity contribution < 1.29 is 37.7 Å². The molecule has 1 aromatic heterocycles. The largest absolute Gasteiger partial charge is 0.465 e. The summed E-state index contributed by atoms with van der Waals surface area (Å²) in [6.45, 7) is 4.46. The highest BCUT2D eigenvalue weighted by molar-refractivity contribution is 5.93. The van der Waals surface area contributed by atoms with Gasteiger partial charge in [-0.1, -0.05) is 6.07 Å². The van der Waals surface area contributed by atoms with Crippen molar-refractivity contribution in [3.63, 3.8) is 0 Å². The number of aliphatic hydroxyl groups excluding tert-OH is 1. The van der Waals surface area contributed by atoms with Gasteiger partial charge in [0.25, 0.3) is 0 Å². The molecule has 3 N–H and O–H groups in total. The van der Waals surface area contributed by atoms with E-state index in [1.165, 1.54) is 12.3 Å². The first-order valence-electron chi connectivity index (χ1n) is 13.1. The molecule has 1 unspecified atom stereocenters. The zero-order valence-corrected chi connectivity index (χ0v) is 23.0. The molecule has 41 heavy (non-hydrogen) atoms. The van der Waals surface area contributed by atoms with Crippen molar-refractivity contribution in [2.24, 2.45) is 5.92 Å². The number of aryl methyl sites for hydroxylation is 1. The highest BCUT2D eigenvalue weighted by Gasteiger charge is 2.33. The van der Waals surface area contributed by atoms with Crippen LogP contribution in [-0.2, 0) is 37.0 Å². The van der Waals surface area contributed by atoms with Crippen molar-refractivity contribution in [1.82, 2.24) is 9.88 Å². The Balaban J connectivity index is 1.52. The van der Waals surface area contributed by atoms with Crippen LogP contribution in [0, 0.1) is 5.92 Å². The summed E-state index contributed by atoms with van der Waals surface area (Å²) in [6.07, 6.45) is -2.91. The van der Waals surface area contributed by atoms with Gasteiger partial charge < -0.3 is 20.3 Å². The van der Waals surface area contributed by atoms with Crippen molar-refractivity contribution in [1.29, 1.82) is 0 Å². The number of hydrogen-bond donors (Lipinski definition) is 3. The summed E-state index contributed by atoms with van der Waals surface area (Å²) in [5.74, 6) is 0.147. The molecule has 4 rings (SSSR count). The second-order valence-electron chi connectivity index (χ2n) is 11.1. The number of carbonyl (C=O) groups excluding carboxylic acids is 1. The normalized spacial score (nSPS) is 15.1. The number of halogens is 3. The number of aromatic nitrogens is 1. The van der Waals surface area contributed by atoms with Gasteiger partial charge >= 0.3 is 12.3 Å². The van der Waals surface area contributed by atoms with Gasteiger partial charge in [0.15, 0.2) is 0 Å². The van der Waals surface area contributed by atoms with Crippen LogP contribution in [0.25, 0.3) is 0 Å². The fourth-order valence-corrected chi connectivity index (χ4v) is 4.80. The zero-order valence-electron chi connectivity index (χ0n) is 23.0. The summed E-state index contributed by atoms with van der Waals surface area (Å²) in [7, 11) is 0. The molecule has 2 aromatic carbocycles. The van der Waals surface area contributed by atoms with E-state index in [-0.39, 0.29) is 24.4 Å². The third-order valence-electron chi connectivity index (χ3n) is 6.93. The Morgan fingerprint density at radius 2 is 1.78 bits per heavy atom. The quantitative estimate of drug-likeness (QED) is 0.302. The number of nitrogens with zero attached hydrogens (tertiary/aromatic N) is 2. The standard InChI is InChI=1S/C30H32F3N3O5/c1-29(2,3)36(28(39)40)16-18-10-22(30(31,32)33)14-23(11-18)35-27(38)20-5-4-19-6-7-25(13-21(19)12-20)41-26-8-9-34-24(15-26)17-37/h6-11,13-15,20,37H,4-5,12,16-17H2,1-3H3,(H,35,38)(H,39,40). The van der Waals surface area contributed by atoms with Crippen LogP contribution < -0.4 is 10.1 Å². The minimum Gasteiger partial charge on any atom is -0.465 e. The maximum Gasteiger partial charge on any atom is 0.416 e. The molecule has 11 heteroatoms. The maximum atomic E-state index is 13.7. The van der Waals surface area contributed by atoms with Gasteiger partial charge in [0.05, 0.1) is 17.9 Å². The van der Waals surface area contributed by atoms with E-state index in [1.54, 1.807) is 32.9 Å². The number of rotatable bonds is 7. The number of hydrogen-bond acceptors (Lipinski definition) is 5. The molecule has 1 heterocycles. The molecule has 1 aliphatic rings. The smallest absolute Gasteiger partial charge is 0.416 e. The molecule has 3 aromatic rings. The van der Waals surface area contributed by atoms with E-state index >= 15 is 0 Å². The number of pyridine rings is 1. The molecule has 1 atom stereocenters. The zero-order chi connectivity index (χ0) is 29.9. The summed E-state index contributed by atoms with van der Waals surface area (Å²) in [6, 6.07) is 12.0. The van der Waals surface area contributed by atoms with Crippen LogP contribution in [0.4, 0.5) is 23.7 Å². The second kappa shape index (κ2) is 11.8. The summed E-state index contributed by atoms with van der Waals surface area (Å²) < 4.78 is 47.0. The van der Waals surface area contributed by atoms with Gasteiger partial charge in [0, 0.05) is 36.0 Å². The molecule has 0 fully saturated rings. The SMILES string of the molecule is CC(C)(C)N(Cc1cc(NC(=O)C2CCc3ccc(Oc4ccnc(CO)c4)cc3C2)cc(C(F)(F)F)c1)C(=O)O. The van der Waals surface area contributed by atoms with Gasteiger partial charge in [-0.2, -0.15) is 13.2 Å². The summed E-state index contributed by atoms with van der Waals surface area (Å²) in [5.41, 5.74) is 0.676. The van der Waals surface area contributed by atoms with Crippen molar-refractivity contribution >= 4 is 17.7 Å². The summed E-state index contributed by atoms with van der Waals surface area (Å²) in [4.78, 5) is 30.1. The molecular formula is C30H32F3N3O5. The van der Waals surface area contributed by atoms with Crippen LogP contribution >= 0.6 is 0 Å². The lowest BCUT2D eigenvalue weighted by atomic mass is 9.83. The average Bonchev–Trinajstić information content (AvgIpc) is 2.90. The van der Waals surface area contributed by atoms with E-state index in [9.17, 15) is 33.0 Å². The number of nitrogens with one attached hydrogen (secondary N) is 1. The van der Waals surface area contributed by atoms with Gasteiger partial charge in [-0.15, -0.1) is 0 Å². The Morgan fingerprint density at radius 3 is 2.44 bits per heavy atom. The van der Waals surface area contributed by atoms with E-state index in [2.05, 4.69) is 10.3 Å². The number of aliphatic hydroxyl groups is 1. The van der Waals surface area contributed by atoms with E-state index in [1.807, 2.05) is 18.2 Å². The van der Waals surface area contributed by atoms with Gasteiger partial charge in [0.2, 0.25) is 5.91 Å². The van der Waals surface area contributed by atoms with Crippen LogP contribution in [-0.4, -0.2) is 37.6 Å². The Bertz CT molecular complexity index is 1440. The second-order valence-corrected chi connectivity index (χ2v) is 11.1. The van der Waals surface area contributed by atoms with Crippen molar-refractivity contribution in [2.45, 2.75) is 64.9 Å². The van der Waals surface area contributed by atoms with Crippen LogP contribution in [0.5, 0.6) is 11.5 Å². The Kier molecular flexibility index (Phi) is 8.58. The predicted octanol–water partition coefficient (Wildman–Crippen LogP) is 6.41. The number of benzene rings is 2. The van der Waals surface area contributed by atoms with E-state index < -0.39 is 35.2 Å². The van der Waals surface area contributed by atoms with Crippen LogP contribution in [0.3, 0.4) is 0 Å². The van der Waals surface area contributed by atoms with E-state index in [0.717, 1.165) is 28.2 Å². The fourth-order valence-electron chi connectivity index (χ4n) is 4.80. The Morgan fingerprint density at radius 1 is 1.05 bits per heavy atom. The number of carbonyl (C=O) groups is 2. The lowest BCUT2D eigenvalue weighted by molar-refractivity contribution is -0.137. The van der Waals surface area contributed by atoms with Crippen LogP contribution in [0.15, 0.2) is 54.7 Å². The minimum atomic E-state index is -4.68. The number of carboxylic acid groups (broad SMARTS) is 1. The number of alkyl halides is 3. The predicted molar refractivity (Wildman–Crippen MR) is 146 cm³/mol. The number of amides is 2. The van der Waals surface area contributed by atoms with Gasteiger partial charge in [-0.25, -0.2) is 4.79 Å². The first-order chi connectivity index (χ1) is 19.2. The average molecular weight is 572 g/mol. The molecule has 0 saturated carbocycles. The first-order valence-corrected chi connectivity index (χ1v) is 13.1.